The van der Waals surface area contributed by atoms with Gasteiger partial charge in [-0.2, -0.15) is 0 Å². The van der Waals surface area contributed by atoms with Crippen LogP contribution in [0.15, 0.2) is 59.4 Å². The summed E-state index contributed by atoms with van der Waals surface area (Å²) in [5.74, 6) is 0.208. The number of anilines is 2. The number of benzene rings is 1. The van der Waals surface area contributed by atoms with Crippen LogP contribution in [0.4, 0.5) is 11.4 Å². The fraction of sp³-hybridized carbons (Fsp3) is 0.250. The number of aromatic nitrogens is 2. The molecule has 4 rings (SSSR count). The maximum atomic E-state index is 12.4. The van der Waals surface area contributed by atoms with Crippen molar-refractivity contribution in [3.8, 4) is 11.3 Å². The van der Waals surface area contributed by atoms with Crippen LogP contribution in [0.25, 0.3) is 11.3 Å². The molecule has 2 aromatic heterocycles. The highest BCUT2D eigenvalue weighted by Gasteiger charge is 2.16. The van der Waals surface area contributed by atoms with E-state index in [1.807, 2.05) is 30.3 Å². The molecule has 1 aliphatic rings. The second kappa shape index (κ2) is 7.59. The Bertz CT molecular complexity index is 900. The number of carbonyl (C=O) groups excluding carboxylic acids is 1. The van der Waals surface area contributed by atoms with Gasteiger partial charge in [0.25, 0.3) is 5.91 Å². The van der Waals surface area contributed by atoms with Crippen molar-refractivity contribution >= 4 is 17.3 Å². The summed E-state index contributed by atoms with van der Waals surface area (Å²) >= 11 is 0. The van der Waals surface area contributed by atoms with Crippen LogP contribution >= 0.6 is 0 Å². The molecule has 138 valence electrons. The summed E-state index contributed by atoms with van der Waals surface area (Å²) in [5.41, 5.74) is 2.91. The summed E-state index contributed by atoms with van der Waals surface area (Å²) in [4.78, 5) is 21.1. The van der Waals surface area contributed by atoms with Crippen molar-refractivity contribution in [2.75, 3.05) is 43.4 Å². The van der Waals surface area contributed by atoms with Gasteiger partial charge >= 0.3 is 0 Å². The number of amides is 1. The van der Waals surface area contributed by atoms with Crippen LogP contribution in [0.5, 0.6) is 0 Å². The predicted octanol–water partition coefficient (Wildman–Crippen LogP) is 2.74. The van der Waals surface area contributed by atoms with Gasteiger partial charge in [-0.15, -0.1) is 0 Å². The van der Waals surface area contributed by atoms with Crippen molar-refractivity contribution < 1.29 is 9.32 Å². The average molecular weight is 363 g/mol. The number of carbonyl (C=O) groups is 1. The van der Waals surface area contributed by atoms with Gasteiger partial charge in [0.05, 0.1) is 0 Å². The lowest BCUT2D eigenvalue weighted by Gasteiger charge is -2.34. The first-order valence-electron chi connectivity index (χ1n) is 8.91. The SMILES string of the molecule is CN1CCN(c2ccc(NC(=O)c3cc(-c4cccnc4)on3)cc2)CC1. The van der Waals surface area contributed by atoms with Crippen LogP contribution in [-0.4, -0.2) is 54.2 Å². The molecule has 1 amide bonds. The molecule has 7 nitrogen and oxygen atoms in total. The number of hydrogen-bond acceptors (Lipinski definition) is 6. The van der Waals surface area contributed by atoms with Crippen molar-refractivity contribution in [3.63, 3.8) is 0 Å². The first kappa shape index (κ1) is 17.2. The molecule has 0 bridgehead atoms. The third kappa shape index (κ3) is 3.98. The highest BCUT2D eigenvalue weighted by molar-refractivity contribution is 6.03. The summed E-state index contributed by atoms with van der Waals surface area (Å²) in [5, 5.41) is 6.72. The van der Waals surface area contributed by atoms with E-state index in [2.05, 4.69) is 32.3 Å². The lowest BCUT2D eigenvalue weighted by atomic mass is 10.2. The Morgan fingerprint density at radius 2 is 1.89 bits per heavy atom. The maximum absolute atomic E-state index is 12.4. The topological polar surface area (TPSA) is 74.5 Å². The Balaban J connectivity index is 1.40. The number of piperazine rings is 1. The second-order valence-electron chi connectivity index (χ2n) is 6.61. The molecule has 0 spiro atoms. The van der Waals surface area contributed by atoms with Gasteiger partial charge in [0.1, 0.15) is 0 Å². The highest BCUT2D eigenvalue weighted by atomic mass is 16.5. The summed E-state index contributed by atoms with van der Waals surface area (Å²) < 4.78 is 5.26. The number of nitrogens with zero attached hydrogens (tertiary/aromatic N) is 4. The molecule has 3 heterocycles. The first-order valence-corrected chi connectivity index (χ1v) is 8.91. The van der Waals surface area contributed by atoms with Crippen LogP contribution in [0.2, 0.25) is 0 Å². The Morgan fingerprint density at radius 3 is 2.59 bits per heavy atom. The van der Waals surface area contributed by atoms with Crippen molar-refractivity contribution in [1.82, 2.24) is 15.0 Å². The lowest BCUT2D eigenvalue weighted by Crippen LogP contribution is -2.44. The zero-order valence-corrected chi connectivity index (χ0v) is 15.1. The largest absolute Gasteiger partial charge is 0.369 e. The molecule has 7 heteroatoms. The molecule has 0 atom stereocenters. The molecule has 0 radical (unpaired) electrons. The molecule has 1 N–H and O–H groups in total. The fourth-order valence-corrected chi connectivity index (χ4v) is 3.04. The Kier molecular flexibility index (Phi) is 4.84. The zero-order valence-electron chi connectivity index (χ0n) is 15.1. The van der Waals surface area contributed by atoms with Crippen LogP contribution < -0.4 is 10.2 Å². The van der Waals surface area contributed by atoms with Gasteiger partial charge in [-0.25, -0.2) is 0 Å². The summed E-state index contributed by atoms with van der Waals surface area (Å²) in [7, 11) is 2.14. The van der Waals surface area contributed by atoms with E-state index in [0.29, 0.717) is 5.76 Å². The Hall–Kier alpha value is -3.19. The third-order valence-electron chi connectivity index (χ3n) is 4.68. The van der Waals surface area contributed by atoms with E-state index in [1.54, 1.807) is 24.5 Å². The average Bonchev–Trinajstić information content (AvgIpc) is 3.20. The van der Waals surface area contributed by atoms with E-state index in [1.165, 1.54) is 5.69 Å². The van der Waals surface area contributed by atoms with Crippen molar-refractivity contribution in [1.29, 1.82) is 0 Å². The van der Waals surface area contributed by atoms with Gasteiger partial charge in [0.2, 0.25) is 0 Å². The van der Waals surface area contributed by atoms with E-state index < -0.39 is 0 Å². The molecular formula is C20H21N5O2. The molecule has 3 aromatic rings. The Labute approximate surface area is 157 Å². The van der Waals surface area contributed by atoms with Gasteiger partial charge in [-0.3, -0.25) is 9.78 Å². The van der Waals surface area contributed by atoms with E-state index >= 15 is 0 Å². The number of likely N-dealkylation sites (N-methyl/N-ethyl adjacent to an activating group) is 1. The normalized spacial score (nSPS) is 14.9. The first-order chi connectivity index (χ1) is 13.2. The van der Waals surface area contributed by atoms with Crippen LogP contribution in [-0.2, 0) is 0 Å². The minimum absolute atomic E-state index is 0.233. The predicted molar refractivity (Wildman–Crippen MR) is 104 cm³/mol. The zero-order chi connectivity index (χ0) is 18.6. The minimum Gasteiger partial charge on any atom is -0.369 e. The molecule has 1 aliphatic heterocycles. The van der Waals surface area contributed by atoms with Gasteiger partial charge < -0.3 is 19.6 Å². The van der Waals surface area contributed by atoms with Gasteiger partial charge in [-0.1, -0.05) is 5.16 Å². The highest BCUT2D eigenvalue weighted by Crippen LogP contribution is 2.21. The van der Waals surface area contributed by atoms with Crippen molar-refractivity contribution in [2.45, 2.75) is 0 Å². The maximum Gasteiger partial charge on any atom is 0.277 e. The third-order valence-corrected chi connectivity index (χ3v) is 4.68. The quantitative estimate of drug-likeness (QED) is 0.768. The van der Waals surface area contributed by atoms with Gasteiger partial charge in [0.15, 0.2) is 11.5 Å². The number of pyridine rings is 1. The summed E-state index contributed by atoms with van der Waals surface area (Å²) in [6.45, 7) is 4.14. The standard InChI is InChI=1S/C20H21N5O2/c1-24-9-11-25(12-10-24)17-6-4-16(5-7-17)22-20(26)18-13-19(27-23-18)15-3-2-8-21-14-15/h2-8,13-14H,9-12H2,1H3,(H,22,26). The smallest absolute Gasteiger partial charge is 0.277 e. The molecule has 0 unspecified atom stereocenters. The van der Waals surface area contributed by atoms with E-state index in [0.717, 1.165) is 37.4 Å². The summed E-state index contributed by atoms with van der Waals surface area (Å²) in [6.07, 6.45) is 3.35. The van der Waals surface area contributed by atoms with E-state index in [-0.39, 0.29) is 11.6 Å². The minimum atomic E-state index is -0.304. The number of hydrogen-bond donors (Lipinski definition) is 1. The molecule has 27 heavy (non-hydrogen) atoms. The molecule has 0 saturated carbocycles. The molecule has 1 aromatic carbocycles. The van der Waals surface area contributed by atoms with Crippen LogP contribution in [0.1, 0.15) is 10.5 Å². The fourth-order valence-electron chi connectivity index (χ4n) is 3.04. The lowest BCUT2D eigenvalue weighted by molar-refractivity contribution is 0.101. The molecule has 0 aliphatic carbocycles. The van der Waals surface area contributed by atoms with Crippen LogP contribution in [0, 0.1) is 0 Å². The second-order valence-corrected chi connectivity index (χ2v) is 6.61. The summed E-state index contributed by atoms with van der Waals surface area (Å²) in [6, 6.07) is 13.2. The molecular weight excluding hydrogens is 342 g/mol. The Morgan fingerprint density at radius 1 is 1.11 bits per heavy atom. The van der Waals surface area contributed by atoms with Gasteiger partial charge in [-0.05, 0) is 43.4 Å². The monoisotopic (exact) mass is 363 g/mol. The van der Waals surface area contributed by atoms with Crippen LogP contribution in [0.3, 0.4) is 0 Å². The molecule has 1 fully saturated rings. The van der Waals surface area contributed by atoms with E-state index in [9.17, 15) is 4.79 Å². The van der Waals surface area contributed by atoms with Gasteiger partial charge in [0, 0.05) is 61.6 Å². The number of nitrogens with one attached hydrogen (secondary N) is 1. The molecule has 1 saturated heterocycles. The number of rotatable bonds is 4. The van der Waals surface area contributed by atoms with E-state index in [4.69, 9.17) is 4.52 Å². The van der Waals surface area contributed by atoms with Crippen molar-refractivity contribution in [3.05, 3.63) is 60.6 Å². The van der Waals surface area contributed by atoms with Crippen molar-refractivity contribution in [2.24, 2.45) is 0 Å².